The Morgan fingerprint density at radius 2 is 1.67 bits per heavy atom. The van der Waals surface area contributed by atoms with Gasteiger partial charge in [0.25, 0.3) is 0 Å². The van der Waals surface area contributed by atoms with Crippen molar-refractivity contribution in [1.29, 1.82) is 0 Å². The van der Waals surface area contributed by atoms with Crippen LogP contribution < -0.4 is 4.90 Å². The zero-order valence-electron chi connectivity index (χ0n) is 25.0. The molecule has 0 aliphatic carbocycles. The van der Waals surface area contributed by atoms with E-state index in [1.165, 1.54) is 22.2 Å². The van der Waals surface area contributed by atoms with Gasteiger partial charge in [-0.05, 0) is 55.5 Å². The van der Waals surface area contributed by atoms with Crippen molar-refractivity contribution in [1.82, 2.24) is 29.4 Å². The summed E-state index contributed by atoms with van der Waals surface area (Å²) in [7, 11) is 1.95. The third kappa shape index (κ3) is 4.70. The minimum atomic E-state index is 0.173. The van der Waals surface area contributed by atoms with Crippen LogP contribution in [-0.4, -0.2) is 88.1 Å². The normalized spacial score (nSPS) is 19.7. The maximum Gasteiger partial charge on any atom is 0.0961 e. The quantitative estimate of drug-likeness (QED) is 0.286. The fourth-order valence-electron chi connectivity index (χ4n) is 7.47. The highest BCUT2D eigenvalue weighted by molar-refractivity contribution is 6.08. The summed E-state index contributed by atoms with van der Waals surface area (Å²) in [6.07, 6.45) is 4.07. The van der Waals surface area contributed by atoms with E-state index in [1.54, 1.807) is 0 Å². The Kier molecular flexibility index (Phi) is 6.89. The first-order valence-corrected chi connectivity index (χ1v) is 15.7. The highest BCUT2D eigenvalue weighted by atomic mass is 16.5. The molecule has 2 aromatic carbocycles. The SMILES string of the molecule is Cc1nnn(C)c1-c1cnc2c3cc(N4CCN(C5COC5)CC4)ccc3n([C@H](c3ccccc3)C3CCOCC3)c2c1. The molecule has 9 heteroatoms. The molecule has 3 aliphatic heterocycles. The van der Waals surface area contributed by atoms with Gasteiger partial charge in [0.2, 0.25) is 0 Å². The van der Waals surface area contributed by atoms with Gasteiger partial charge in [-0.25, -0.2) is 4.68 Å². The number of rotatable bonds is 6. The topological polar surface area (TPSA) is 73.5 Å². The van der Waals surface area contributed by atoms with E-state index in [0.29, 0.717) is 12.0 Å². The van der Waals surface area contributed by atoms with Gasteiger partial charge in [-0.3, -0.25) is 9.88 Å². The molecule has 0 saturated carbocycles. The first-order valence-electron chi connectivity index (χ1n) is 15.7. The molecule has 6 heterocycles. The predicted molar refractivity (Wildman–Crippen MR) is 168 cm³/mol. The Balaban J connectivity index is 1.29. The van der Waals surface area contributed by atoms with Crippen molar-refractivity contribution in [2.75, 3.05) is 57.5 Å². The van der Waals surface area contributed by atoms with Crippen molar-refractivity contribution < 1.29 is 9.47 Å². The van der Waals surface area contributed by atoms with Gasteiger partial charge in [0.15, 0.2) is 0 Å². The van der Waals surface area contributed by atoms with Crippen molar-refractivity contribution in [3.63, 3.8) is 0 Å². The smallest absolute Gasteiger partial charge is 0.0961 e. The number of benzene rings is 2. The molecule has 3 fully saturated rings. The molecule has 222 valence electrons. The molecule has 1 atom stereocenters. The summed E-state index contributed by atoms with van der Waals surface area (Å²) in [5, 5.41) is 9.83. The van der Waals surface area contributed by atoms with Crippen LogP contribution in [0.4, 0.5) is 5.69 Å². The zero-order chi connectivity index (χ0) is 28.9. The lowest BCUT2D eigenvalue weighted by molar-refractivity contribution is -0.0660. The average Bonchev–Trinajstić information content (AvgIpc) is 3.53. The molecule has 0 spiro atoms. The number of fused-ring (bicyclic) bond motifs is 3. The standard InChI is InChI=1S/C34H39N7O2/c1-23-33(38(2)37-36-23)26-18-31-32(35-20-26)29-19-27(39-12-14-40(15-13-39)28-21-43-22-28)8-9-30(29)41(31)34(24-6-4-3-5-7-24)25-10-16-42-17-11-25/h3-9,18-20,25,28,34H,10-17,21-22H2,1-2H3/t34-/m1/s1. The minimum Gasteiger partial charge on any atom is -0.381 e. The van der Waals surface area contributed by atoms with Gasteiger partial charge in [-0.1, -0.05) is 35.5 Å². The van der Waals surface area contributed by atoms with Crippen LogP contribution in [-0.2, 0) is 16.5 Å². The maximum absolute atomic E-state index is 5.83. The van der Waals surface area contributed by atoms with E-state index in [-0.39, 0.29) is 6.04 Å². The Bertz CT molecular complexity index is 1730. The summed E-state index contributed by atoms with van der Waals surface area (Å²) < 4.78 is 15.7. The molecule has 0 bridgehead atoms. The third-order valence-corrected chi connectivity index (χ3v) is 9.84. The van der Waals surface area contributed by atoms with Crippen LogP contribution in [0.25, 0.3) is 33.2 Å². The van der Waals surface area contributed by atoms with Gasteiger partial charge in [-0.15, -0.1) is 5.10 Å². The van der Waals surface area contributed by atoms with Crippen LogP contribution in [0.3, 0.4) is 0 Å². The van der Waals surface area contributed by atoms with Crippen LogP contribution in [0.1, 0.15) is 30.1 Å². The molecule has 0 unspecified atom stereocenters. The zero-order valence-corrected chi connectivity index (χ0v) is 25.0. The van der Waals surface area contributed by atoms with Crippen molar-refractivity contribution >= 4 is 27.6 Å². The van der Waals surface area contributed by atoms with Gasteiger partial charge in [0, 0.05) is 69.3 Å². The lowest BCUT2D eigenvalue weighted by atomic mass is 9.86. The van der Waals surface area contributed by atoms with Gasteiger partial charge >= 0.3 is 0 Å². The van der Waals surface area contributed by atoms with Crippen LogP contribution in [0.5, 0.6) is 0 Å². The molecule has 0 N–H and O–H groups in total. The van der Waals surface area contributed by atoms with Gasteiger partial charge in [0.1, 0.15) is 0 Å². The minimum absolute atomic E-state index is 0.173. The molecule has 3 aromatic heterocycles. The fraction of sp³-hybridized carbons (Fsp3) is 0.441. The van der Waals surface area contributed by atoms with Gasteiger partial charge in [-0.2, -0.15) is 0 Å². The molecular weight excluding hydrogens is 538 g/mol. The largest absolute Gasteiger partial charge is 0.381 e. The van der Waals surface area contributed by atoms with Gasteiger partial charge in [0.05, 0.1) is 53.2 Å². The molecule has 9 nitrogen and oxygen atoms in total. The Labute approximate surface area is 252 Å². The van der Waals surface area contributed by atoms with E-state index in [2.05, 4.69) is 79.3 Å². The second-order valence-corrected chi connectivity index (χ2v) is 12.3. The van der Waals surface area contributed by atoms with Crippen molar-refractivity contribution in [2.24, 2.45) is 13.0 Å². The lowest BCUT2D eigenvalue weighted by Gasteiger charge is -2.43. The Hall–Kier alpha value is -3.79. The highest BCUT2D eigenvalue weighted by Crippen LogP contribution is 2.42. The summed E-state index contributed by atoms with van der Waals surface area (Å²) >= 11 is 0. The van der Waals surface area contributed by atoms with Crippen LogP contribution in [0.15, 0.2) is 60.8 Å². The first kappa shape index (κ1) is 26.8. The van der Waals surface area contributed by atoms with E-state index >= 15 is 0 Å². The summed E-state index contributed by atoms with van der Waals surface area (Å²) in [6.45, 7) is 9.59. The van der Waals surface area contributed by atoms with E-state index < -0.39 is 0 Å². The summed E-state index contributed by atoms with van der Waals surface area (Å²) in [4.78, 5) is 10.3. The molecular formula is C34H39N7O2. The number of hydrogen-bond acceptors (Lipinski definition) is 7. The van der Waals surface area contributed by atoms with Crippen LogP contribution in [0.2, 0.25) is 0 Å². The van der Waals surface area contributed by atoms with Crippen LogP contribution >= 0.6 is 0 Å². The second-order valence-electron chi connectivity index (χ2n) is 12.3. The third-order valence-electron chi connectivity index (χ3n) is 9.84. The molecule has 3 saturated heterocycles. The van der Waals surface area contributed by atoms with E-state index in [9.17, 15) is 0 Å². The number of pyridine rings is 1. The number of aromatic nitrogens is 5. The van der Waals surface area contributed by atoms with E-state index in [1.807, 2.05) is 24.9 Å². The summed E-state index contributed by atoms with van der Waals surface area (Å²) in [5.74, 6) is 0.460. The number of ether oxygens (including phenoxy) is 2. The van der Waals surface area contributed by atoms with E-state index in [4.69, 9.17) is 14.5 Å². The molecule has 5 aromatic rings. The number of nitrogens with zero attached hydrogens (tertiary/aromatic N) is 7. The monoisotopic (exact) mass is 577 g/mol. The number of aryl methyl sites for hydroxylation is 2. The highest BCUT2D eigenvalue weighted by Gasteiger charge is 2.32. The van der Waals surface area contributed by atoms with E-state index in [0.717, 1.165) is 93.4 Å². The Morgan fingerprint density at radius 1 is 0.884 bits per heavy atom. The Morgan fingerprint density at radius 3 is 2.37 bits per heavy atom. The van der Waals surface area contributed by atoms with Crippen molar-refractivity contribution in [3.05, 3.63) is 72.1 Å². The predicted octanol–water partition coefficient (Wildman–Crippen LogP) is 4.83. The number of piperazine rings is 1. The van der Waals surface area contributed by atoms with Crippen molar-refractivity contribution in [2.45, 2.75) is 31.8 Å². The molecule has 0 radical (unpaired) electrons. The molecule has 0 amide bonds. The summed E-state index contributed by atoms with van der Waals surface area (Å²) in [6, 6.07) is 21.1. The molecule has 43 heavy (non-hydrogen) atoms. The maximum atomic E-state index is 5.83. The van der Waals surface area contributed by atoms with Crippen LogP contribution in [0, 0.1) is 12.8 Å². The van der Waals surface area contributed by atoms with Gasteiger partial charge < -0.3 is 18.9 Å². The first-order chi connectivity index (χ1) is 21.2. The summed E-state index contributed by atoms with van der Waals surface area (Å²) in [5.41, 5.74) is 8.99. The number of anilines is 1. The molecule has 3 aliphatic rings. The second kappa shape index (κ2) is 11.0. The fourth-order valence-corrected chi connectivity index (χ4v) is 7.47. The average molecular weight is 578 g/mol. The lowest BCUT2D eigenvalue weighted by Crippen LogP contribution is -2.56. The van der Waals surface area contributed by atoms with Crippen molar-refractivity contribution in [3.8, 4) is 11.3 Å². The molecule has 8 rings (SSSR count). The number of hydrogen-bond donors (Lipinski definition) is 0.